The van der Waals surface area contributed by atoms with Crippen molar-refractivity contribution in [3.8, 4) is 0 Å². The van der Waals surface area contributed by atoms with Gasteiger partial charge in [0.15, 0.2) is 0 Å². The standard InChI is InChI=1S/C14H15N3O/c1-15-13-6-7-17(14(13)18)11-8-10-4-2-3-5-12(10)16-9-11/h2-5,8-9,13,15H,6-7H2,1H3. The number of anilines is 1. The van der Waals surface area contributed by atoms with Gasteiger partial charge in [0.2, 0.25) is 5.91 Å². The Balaban J connectivity index is 1.98. The smallest absolute Gasteiger partial charge is 0.244 e. The van der Waals surface area contributed by atoms with Crippen molar-refractivity contribution in [3.63, 3.8) is 0 Å². The zero-order valence-corrected chi connectivity index (χ0v) is 10.3. The summed E-state index contributed by atoms with van der Waals surface area (Å²) >= 11 is 0. The van der Waals surface area contributed by atoms with Crippen LogP contribution in [0.5, 0.6) is 0 Å². The summed E-state index contributed by atoms with van der Waals surface area (Å²) in [5, 5.41) is 4.10. The molecule has 1 saturated heterocycles. The number of nitrogens with zero attached hydrogens (tertiary/aromatic N) is 2. The first-order valence-electron chi connectivity index (χ1n) is 6.13. The zero-order chi connectivity index (χ0) is 12.5. The molecular formula is C14H15N3O. The van der Waals surface area contributed by atoms with Gasteiger partial charge in [0.05, 0.1) is 23.4 Å². The number of benzene rings is 1. The Kier molecular flexibility index (Phi) is 2.72. The van der Waals surface area contributed by atoms with Crippen molar-refractivity contribution < 1.29 is 4.79 Å². The maximum atomic E-state index is 12.1. The number of fused-ring (bicyclic) bond motifs is 1. The van der Waals surface area contributed by atoms with Crippen molar-refractivity contribution in [3.05, 3.63) is 36.5 Å². The summed E-state index contributed by atoms with van der Waals surface area (Å²) in [6.07, 6.45) is 2.63. The molecule has 2 heterocycles. The first-order chi connectivity index (χ1) is 8.79. The lowest BCUT2D eigenvalue weighted by Crippen LogP contribution is -2.36. The van der Waals surface area contributed by atoms with Crippen LogP contribution in [-0.2, 0) is 4.79 Å². The van der Waals surface area contributed by atoms with Crippen molar-refractivity contribution in [2.24, 2.45) is 0 Å². The number of carbonyl (C=O) groups is 1. The van der Waals surface area contributed by atoms with Crippen molar-refractivity contribution in [1.82, 2.24) is 10.3 Å². The fraction of sp³-hybridized carbons (Fsp3) is 0.286. The van der Waals surface area contributed by atoms with Crippen LogP contribution in [0.3, 0.4) is 0 Å². The van der Waals surface area contributed by atoms with E-state index in [0.717, 1.165) is 29.6 Å². The van der Waals surface area contributed by atoms with Crippen molar-refractivity contribution in [2.45, 2.75) is 12.5 Å². The number of carbonyl (C=O) groups excluding carboxylic acids is 1. The van der Waals surface area contributed by atoms with Gasteiger partial charge in [-0.3, -0.25) is 9.78 Å². The quantitative estimate of drug-likeness (QED) is 0.868. The molecule has 1 aliphatic rings. The normalized spacial score (nSPS) is 19.7. The summed E-state index contributed by atoms with van der Waals surface area (Å²) in [5.74, 6) is 0.134. The van der Waals surface area contributed by atoms with Crippen LogP contribution in [-0.4, -0.2) is 30.5 Å². The molecular weight excluding hydrogens is 226 g/mol. The Hall–Kier alpha value is -1.94. The number of amides is 1. The second kappa shape index (κ2) is 4.38. The summed E-state index contributed by atoms with van der Waals surface area (Å²) in [5.41, 5.74) is 1.84. The molecule has 1 aromatic heterocycles. The Labute approximate surface area is 106 Å². The predicted molar refractivity (Wildman–Crippen MR) is 71.6 cm³/mol. The van der Waals surface area contributed by atoms with Crippen molar-refractivity contribution in [2.75, 3.05) is 18.5 Å². The lowest BCUT2D eigenvalue weighted by atomic mass is 10.2. The third-order valence-corrected chi connectivity index (χ3v) is 3.44. The van der Waals surface area contributed by atoms with E-state index in [0.29, 0.717) is 0 Å². The van der Waals surface area contributed by atoms with Gasteiger partial charge in [-0.05, 0) is 25.6 Å². The summed E-state index contributed by atoms with van der Waals surface area (Å²) in [4.78, 5) is 18.3. The lowest BCUT2D eigenvalue weighted by molar-refractivity contribution is -0.118. The van der Waals surface area contributed by atoms with Gasteiger partial charge in [-0.1, -0.05) is 18.2 Å². The molecule has 2 aromatic rings. The molecule has 1 unspecified atom stereocenters. The molecule has 1 fully saturated rings. The van der Waals surface area contributed by atoms with Gasteiger partial charge in [0.1, 0.15) is 0 Å². The monoisotopic (exact) mass is 241 g/mol. The van der Waals surface area contributed by atoms with Crippen molar-refractivity contribution >= 4 is 22.5 Å². The van der Waals surface area contributed by atoms with Crippen LogP contribution in [0.25, 0.3) is 10.9 Å². The minimum Gasteiger partial charge on any atom is -0.309 e. The number of nitrogens with one attached hydrogen (secondary N) is 1. The summed E-state index contributed by atoms with van der Waals surface area (Å²) in [6, 6.07) is 9.90. The highest BCUT2D eigenvalue weighted by atomic mass is 16.2. The minimum atomic E-state index is -0.0588. The molecule has 1 N–H and O–H groups in total. The highest BCUT2D eigenvalue weighted by molar-refractivity contribution is 6.00. The molecule has 0 radical (unpaired) electrons. The molecule has 18 heavy (non-hydrogen) atoms. The van der Waals surface area contributed by atoms with Crippen LogP contribution < -0.4 is 10.2 Å². The Morgan fingerprint density at radius 3 is 3.00 bits per heavy atom. The second-order valence-corrected chi connectivity index (χ2v) is 4.51. The summed E-state index contributed by atoms with van der Waals surface area (Å²) in [6.45, 7) is 0.754. The number of aromatic nitrogens is 1. The highest BCUT2D eigenvalue weighted by Gasteiger charge is 2.31. The number of hydrogen-bond donors (Lipinski definition) is 1. The Morgan fingerprint density at radius 1 is 1.39 bits per heavy atom. The molecule has 0 saturated carbocycles. The SMILES string of the molecule is CNC1CCN(c2cnc3ccccc3c2)C1=O. The molecule has 4 heteroatoms. The number of likely N-dealkylation sites (N-methyl/N-ethyl adjacent to an activating group) is 1. The Bertz CT molecular complexity index is 596. The van der Waals surface area contributed by atoms with Crippen LogP contribution in [0.4, 0.5) is 5.69 Å². The van der Waals surface area contributed by atoms with Crippen molar-refractivity contribution in [1.29, 1.82) is 0 Å². The third kappa shape index (κ3) is 1.75. The highest BCUT2D eigenvalue weighted by Crippen LogP contribution is 2.24. The summed E-state index contributed by atoms with van der Waals surface area (Å²) in [7, 11) is 1.82. The van der Waals surface area contributed by atoms with E-state index in [-0.39, 0.29) is 11.9 Å². The van der Waals surface area contributed by atoms with E-state index in [1.807, 2.05) is 37.4 Å². The molecule has 1 aliphatic heterocycles. The zero-order valence-electron chi connectivity index (χ0n) is 10.3. The van der Waals surface area contributed by atoms with Gasteiger partial charge in [0, 0.05) is 11.9 Å². The second-order valence-electron chi connectivity index (χ2n) is 4.51. The largest absolute Gasteiger partial charge is 0.309 e. The van der Waals surface area contributed by atoms with E-state index in [9.17, 15) is 4.79 Å². The molecule has 0 bridgehead atoms. The van der Waals surface area contributed by atoms with Gasteiger partial charge < -0.3 is 10.2 Å². The maximum Gasteiger partial charge on any atom is 0.244 e. The number of pyridine rings is 1. The van der Waals surface area contributed by atoms with Gasteiger partial charge in [-0.15, -0.1) is 0 Å². The number of para-hydroxylation sites is 1. The average molecular weight is 241 g/mol. The minimum absolute atomic E-state index is 0.0588. The topological polar surface area (TPSA) is 45.2 Å². The average Bonchev–Trinajstić information content (AvgIpc) is 2.79. The van der Waals surface area contributed by atoms with Gasteiger partial charge >= 0.3 is 0 Å². The van der Waals surface area contributed by atoms with Crippen LogP contribution >= 0.6 is 0 Å². The Morgan fingerprint density at radius 2 is 2.22 bits per heavy atom. The van der Waals surface area contributed by atoms with E-state index in [1.165, 1.54) is 0 Å². The van der Waals surface area contributed by atoms with E-state index in [1.54, 1.807) is 11.1 Å². The van der Waals surface area contributed by atoms with E-state index < -0.39 is 0 Å². The van der Waals surface area contributed by atoms with Gasteiger partial charge in [0.25, 0.3) is 0 Å². The van der Waals surface area contributed by atoms with Crippen LogP contribution in [0.15, 0.2) is 36.5 Å². The first kappa shape index (κ1) is 11.2. The third-order valence-electron chi connectivity index (χ3n) is 3.44. The molecule has 3 rings (SSSR count). The number of hydrogen-bond acceptors (Lipinski definition) is 3. The molecule has 1 aromatic carbocycles. The molecule has 4 nitrogen and oxygen atoms in total. The van der Waals surface area contributed by atoms with E-state index >= 15 is 0 Å². The lowest BCUT2D eigenvalue weighted by Gasteiger charge is -2.16. The fourth-order valence-electron chi connectivity index (χ4n) is 2.41. The van der Waals surface area contributed by atoms with E-state index in [4.69, 9.17) is 0 Å². The predicted octanol–water partition coefficient (Wildman–Crippen LogP) is 1.56. The first-order valence-corrected chi connectivity index (χ1v) is 6.13. The van der Waals surface area contributed by atoms with Gasteiger partial charge in [-0.2, -0.15) is 0 Å². The van der Waals surface area contributed by atoms with Gasteiger partial charge in [-0.25, -0.2) is 0 Å². The molecule has 1 amide bonds. The molecule has 92 valence electrons. The van der Waals surface area contributed by atoms with Crippen LogP contribution in [0.2, 0.25) is 0 Å². The fourth-order valence-corrected chi connectivity index (χ4v) is 2.41. The maximum absolute atomic E-state index is 12.1. The van der Waals surface area contributed by atoms with Crippen LogP contribution in [0.1, 0.15) is 6.42 Å². The summed E-state index contributed by atoms with van der Waals surface area (Å²) < 4.78 is 0. The molecule has 1 atom stereocenters. The van der Waals surface area contributed by atoms with Crippen LogP contribution in [0, 0.1) is 0 Å². The van der Waals surface area contributed by atoms with E-state index in [2.05, 4.69) is 10.3 Å². The molecule has 0 aliphatic carbocycles. The number of rotatable bonds is 2. The molecule has 0 spiro atoms.